The monoisotopic (exact) mass is 468 g/mol. The van der Waals surface area contributed by atoms with E-state index in [2.05, 4.69) is 14.9 Å². The Kier molecular flexibility index (Phi) is 7.75. The van der Waals surface area contributed by atoms with Crippen LogP contribution < -0.4 is 0 Å². The smallest absolute Gasteiger partial charge is 0.372 e. The molecule has 31 heavy (non-hydrogen) atoms. The zero-order valence-corrected chi connectivity index (χ0v) is 17.3. The van der Waals surface area contributed by atoms with Gasteiger partial charge in [-0.05, 0) is 30.3 Å². The molecule has 0 unspecified atom stereocenters. The van der Waals surface area contributed by atoms with Gasteiger partial charge in [-0.25, -0.2) is 32.4 Å². The van der Waals surface area contributed by atoms with Gasteiger partial charge in [-0.15, -0.1) is 0 Å². The zero-order valence-electron chi connectivity index (χ0n) is 15.7. The summed E-state index contributed by atoms with van der Waals surface area (Å²) in [5.41, 5.74) is -0.522. The molecule has 1 heterocycles. The van der Waals surface area contributed by atoms with Crippen LogP contribution in [0, 0.1) is 5.82 Å². The second-order valence-corrected chi connectivity index (χ2v) is 8.21. The molecule has 2 aromatic carbocycles. The summed E-state index contributed by atoms with van der Waals surface area (Å²) in [7, 11) is -3.73. The van der Waals surface area contributed by atoms with Crippen LogP contribution >= 0.6 is 11.6 Å². The minimum absolute atomic E-state index is 0.0998. The Morgan fingerprint density at radius 2 is 1.81 bits per heavy atom. The Morgan fingerprint density at radius 1 is 1.13 bits per heavy atom. The van der Waals surface area contributed by atoms with E-state index in [1.807, 2.05) is 0 Å². The first-order valence-electron chi connectivity index (χ1n) is 8.21. The fourth-order valence-corrected chi connectivity index (χ4v) is 2.92. The van der Waals surface area contributed by atoms with E-state index in [4.69, 9.17) is 22.0 Å². The lowest BCUT2D eigenvalue weighted by molar-refractivity contribution is -0.182. The van der Waals surface area contributed by atoms with E-state index in [1.54, 1.807) is 12.1 Å². The van der Waals surface area contributed by atoms with Gasteiger partial charge in [-0.3, -0.25) is 4.89 Å². The SMILES string of the molecule is CS(=O)(=O)c1ncc(C(=O)O)c(-c2ccccc2F)n1.O=C(OO)c1cccc(Cl)c1. The molecule has 12 heteroatoms. The highest BCUT2D eigenvalue weighted by atomic mass is 35.5. The van der Waals surface area contributed by atoms with Gasteiger partial charge in [0.05, 0.1) is 11.3 Å². The number of carbonyl (C=O) groups is 2. The molecule has 0 radical (unpaired) electrons. The molecule has 0 aliphatic carbocycles. The van der Waals surface area contributed by atoms with Gasteiger partial charge in [0.15, 0.2) is 0 Å². The first-order valence-corrected chi connectivity index (χ1v) is 10.5. The largest absolute Gasteiger partial charge is 0.478 e. The normalized spacial score (nSPS) is 10.6. The highest BCUT2D eigenvalue weighted by molar-refractivity contribution is 7.90. The molecular weight excluding hydrogens is 455 g/mol. The second kappa shape index (κ2) is 10.1. The number of hydrogen-bond donors (Lipinski definition) is 2. The van der Waals surface area contributed by atoms with Crippen molar-refractivity contribution in [3.8, 4) is 11.3 Å². The van der Waals surface area contributed by atoms with Crippen molar-refractivity contribution in [3.05, 3.63) is 76.7 Å². The molecule has 0 atom stereocenters. The summed E-state index contributed by atoms with van der Waals surface area (Å²) >= 11 is 5.56. The summed E-state index contributed by atoms with van der Waals surface area (Å²) in [4.78, 5) is 32.4. The minimum atomic E-state index is -3.73. The van der Waals surface area contributed by atoms with E-state index in [0.29, 0.717) is 5.02 Å². The van der Waals surface area contributed by atoms with Gasteiger partial charge >= 0.3 is 11.9 Å². The van der Waals surface area contributed by atoms with Crippen LogP contribution in [0.5, 0.6) is 0 Å². The summed E-state index contributed by atoms with van der Waals surface area (Å²) in [5, 5.41) is 16.9. The highest BCUT2D eigenvalue weighted by Gasteiger charge is 2.21. The van der Waals surface area contributed by atoms with Crippen molar-refractivity contribution in [1.29, 1.82) is 0 Å². The maximum Gasteiger partial charge on any atom is 0.372 e. The molecule has 0 fully saturated rings. The number of rotatable bonds is 4. The zero-order chi connectivity index (χ0) is 23.2. The van der Waals surface area contributed by atoms with Crippen molar-refractivity contribution in [2.24, 2.45) is 0 Å². The van der Waals surface area contributed by atoms with Gasteiger partial charge in [-0.1, -0.05) is 29.8 Å². The molecule has 9 nitrogen and oxygen atoms in total. The van der Waals surface area contributed by atoms with Crippen molar-refractivity contribution in [1.82, 2.24) is 9.97 Å². The van der Waals surface area contributed by atoms with Crippen molar-refractivity contribution in [2.45, 2.75) is 5.16 Å². The van der Waals surface area contributed by atoms with Gasteiger partial charge in [0.25, 0.3) is 0 Å². The van der Waals surface area contributed by atoms with Crippen LogP contribution in [0.15, 0.2) is 59.9 Å². The van der Waals surface area contributed by atoms with Gasteiger partial charge in [0.1, 0.15) is 11.4 Å². The Hall–Kier alpha value is -3.41. The molecule has 2 N–H and O–H groups in total. The van der Waals surface area contributed by atoms with Crippen LogP contribution in [-0.4, -0.2) is 46.9 Å². The van der Waals surface area contributed by atoms with E-state index in [-0.39, 0.29) is 22.4 Å². The average Bonchev–Trinajstić information content (AvgIpc) is 2.73. The highest BCUT2D eigenvalue weighted by Crippen LogP contribution is 2.25. The molecule has 3 rings (SSSR count). The number of nitrogens with zero attached hydrogens (tertiary/aromatic N) is 2. The van der Waals surface area contributed by atoms with Crippen LogP contribution in [0.25, 0.3) is 11.3 Å². The lowest BCUT2D eigenvalue weighted by Crippen LogP contribution is -2.10. The second-order valence-electron chi connectivity index (χ2n) is 5.86. The van der Waals surface area contributed by atoms with E-state index in [1.165, 1.54) is 30.3 Å². The first kappa shape index (κ1) is 23.9. The summed E-state index contributed by atoms with van der Waals surface area (Å²) < 4.78 is 36.6. The number of carbonyl (C=O) groups excluding carboxylic acids is 1. The maximum atomic E-state index is 13.7. The molecule has 3 aromatic rings. The lowest BCUT2D eigenvalue weighted by atomic mass is 10.1. The van der Waals surface area contributed by atoms with Crippen LogP contribution in [0.2, 0.25) is 5.02 Å². The summed E-state index contributed by atoms with van der Waals surface area (Å²) in [6.07, 6.45) is 1.74. The van der Waals surface area contributed by atoms with Gasteiger partial charge in [0, 0.05) is 23.0 Å². The van der Waals surface area contributed by atoms with Gasteiger partial charge in [-0.2, -0.15) is 5.26 Å². The van der Waals surface area contributed by atoms with Gasteiger partial charge in [0.2, 0.25) is 15.0 Å². The van der Waals surface area contributed by atoms with Gasteiger partial charge < -0.3 is 5.11 Å². The Balaban J connectivity index is 0.000000262. The van der Waals surface area contributed by atoms with Crippen molar-refractivity contribution < 1.29 is 37.6 Å². The molecule has 0 saturated carbocycles. The van der Waals surface area contributed by atoms with Crippen LogP contribution in [-0.2, 0) is 14.7 Å². The third-order valence-corrected chi connectivity index (χ3v) is 4.70. The molecule has 0 aliphatic rings. The summed E-state index contributed by atoms with van der Waals surface area (Å²) in [6.45, 7) is 0. The molecule has 0 bridgehead atoms. The van der Waals surface area contributed by atoms with E-state index in [0.717, 1.165) is 18.5 Å². The topological polar surface area (TPSA) is 144 Å². The Bertz CT molecular complexity index is 1240. The number of halogens is 2. The van der Waals surface area contributed by atoms with Crippen LogP contribution in [0.1, 0.15) is 20.7 Å². The number of carboxylic acids is 1. The number of hydrogen-bond acceptors (Lipinski definition) is 8. The average molecular weight is 469 g/mol. The molecular formula is C19H14ClFN2O7S. The third-order valence-electron chi connectivity index (χ3n) is 3.60. The van der Waals surface area contributed by atoms with Crippen molar-refractivity contribution in [3.63, 3.8) is 0 Å². The fourth-order valence-electron chi connectivity index (χ4n) is 2.23. The van der Waals surface area contributed by atoms with E-state index < -0.39 is 32.7 Å². The molecule has 0 amide bonds. The van der Waals surface area contributed by atoms with Crippen molar-refractivity contribution >= 4 is 33.4 Å². The van der Waals surface area contributed by atoms with Crippen LogP contribution in [0.4, 0.5) is 4.39 Å². The minimum Gasteiger partial charge on any atom is -0.478 e. The van der Waals surface area contributed by atoms with Crippen LogP contribution in [0.3, 0.4) is 0 Å². The summed E-state index contributed by atoms with van der Waals surface area (Å²) in [6, 6.07) is 11.5. The Morgan fingerprint density at radius 3 is 2.35 bits per heavy atom. The number of carboxylic acid groups (broad SMARTS) is 1. The molecule has 1 aromatic heterocycles. The number of aromatic nitrogens is 2. The fraction of sp³-hybridized carbons (Fsp3) is 0.0526. The molecule has 162 valence electrons. The predicted molar refractivity (Wildman–Crippen MR) is 107 cm³/mol. The maximum absolute atomic E-state index is 13.7. The van der Waals surface area contributed by atoms with E-state index in [9.17, 15) is 22.4 Å². The number of sulfone groups is 1. The first-order chi connectivity index (χ1) is 14.5. The standard InChI is InChI=1S/C12H9FN2O4S.C7H5ClO3/c1-20(18,19)12-14-6-8(11(16)17)10(15-12)7-4-2-3-5-9(7)13;8-6-3-1-2-5(4-6)7(9)11-10/h2-6H,1H3,(H,16,17);1-4,10H. The van der Waals surface area contributed by atoms with Crippen molar-refractivity contribution in [2.75, 3.05) is 6.26 Å². The molecule has 0 saturated heterocycles. The third kappa shape index (κ3) is 6.28. The predicted octanol–water partition coefficient (Wildman–Crippen LogP) is 3.35. The number of benzene rings is 2. The quantitative estimate of drug-likeness (QED) is 0.334. The lowest BCUT2D eigenvalue weighted by Gasteiger charge is -2.07. The molecule has 0 spiro atoms. The number of aromatic carboxylic acids is 1. The van der Waals surface area contributed by atoms with E-state index >= 15 is 0 Å². The Labute approximate surface area is 180 Å². The summed E-state index contributed by atoms with van der Waals surface area (Å²) in [5.74, 6) is -2.89. The molecule has 0 aliphatic heterocycles.